The lowest BCUT2D eigenvalue weighted by molar-refractivity contribution is -0.136. The molecule has 2 saturated carbocycles. The zero-order chi connectivity index (χ0) is 18.7. The Bertz CT molecular complexity index is 618. The number of nitrogens with zero attached hydrogens (tertiary/aromatic N) is 1. The zero-order valence-corrected chi connectivity index (χ0v) is 17.2. The number of halogens is 1. The maximum absolute atomic E-state index is 12.7. The van der Waals surface area contributed by atoms with E-state index in [1.807, 2.05) is 24.1 Å². The van der Waals surface area contributed by atoms with Gasteiger partial charge in [0.15, 0.2) is 0 Å². The number of carbonyl (C=O) groups is 1. The van der Waals surface area contributed by atoms with E-state index >= 15 is 0 Å². The highest BCUT2D eigenvalue weighted by Gasteiger charge is 2.49. The third-order valence-electron chi connectivity index (χ3n) is 5.87. The summed E-state index contributed by atoms with van der Waals surface area (Å²) < 4.78 is 16.3. The van der Waals surface area contributed by atoms with E-state index in [2.05, 4.69) is 0 Å². The van der Waals surface area contributed by atoms with Gasteiger partial charge in [-0.15, -0.1) is 12.4 Å². The van der Waals surface area contributed by atoms with Crippen molar-refractivity contribution < 1.29 is 19.0 Å². The normalized spacial score (nSPS) is 25.6. The molecule has 2 bridgehead atoms. The molecule has 2 fully saturated rings. The Morgan fingerprint density at radius 2 is 1.70 bits per heavy atom. The van der Waals surface area contributed by atoms with Gasteiger partial charge in [-0.3, -0.25) is 4.79 Å². The third kappa shape index (κ3) is 4.79. The summed E-state index contributed by atoms with van der Waals surface area (Å²) in [7, 11) is 5.09. The van der Waals surface area contributed by atoms with Crippen LogP contribution in [0.4, 0.5) is 0 Å². The van der Waals surface area contributed by atoms with Crippen LogP contribution in [0.3, 0.4) is 0 Å². The molecule has 7 heteroatoms. The number of nitrogens with two attached hydrogens (primary N) is 1. The van der Waals surface area contributed by atoms with Crippen LogP contribution in [0.25, 0.3) is 0 Å². The number of rotatable bonds is 8. The summed E-state index contributed by atoms with van der Waals surface area (Å²) in [6.45, 7) is 1.19. The van der Waals surface area contributed by atoms with Crippen LogP contribution < -0.4 is 19.9 Å². The second-order valence-electron chi connectivity index (χ2n) is 7.45. The van der Waals surface area contributed by atoms with Crippen LogP contribution in [0.5, 0.6) is 17.2 Å². The Balaban J connectivity index is 0.00000261. The molecule has 1 aromatic rings. The lowest BCUT2D eigenvalue weighted by Gasteiger charge is -2.30. The molecular formula is C20H31ClN2O4. The van der Waals surface area contributed by atoms with Crippen molar-refractivity contribution in [3.05, 3.63) is 18.2 Å². The molecule has 3 rings (SSSR count). The quantitative estimate of drug-likeness (QED) is 0.681. The SMILES string of the molecule is COc1cc(OC)cc(OCCCN(C)C(=O)C2C3CCC(C3)C2N)c1.Cl. The fraction of sp³-hybridized carbons (Fsp3) is 0.650. The summed E-state index contributed by atoms with van der Waals surface area (Å²) in [6.07, 6.45) is 4.24. The molecule has 0 heterocycles. The average molecular weight is 399 g/mol. The summed E-state index contributed by atoms with van der Waals surface area (Å²) >= 11 is 0. The van der Waals surface area contributed by atoms with Gasteiger partial charge < -0.3 is 24.8 Å². The second-order valence-corrected chi connectivity index (χ2v) is 7.45. The summed E-state index contributed by atoms with van der Waals surface area (Å²) in [5.41, 5.74) is 6.29. The van der Waals surface area contributed by atoms with E-state index in [1.54, 1.807) is 20.3 Å². The van der Waals surface area contributed by atoms with Gasteiger partial charge in [-0.25, -0.2) is 0 Å². The molecule has 0 spiro atoms. The van der Waals surface area contributed by atoms with Crippen LogP contribution in [-0.2, 0) is 4.79 Å². The Kier molecular flexibility index (Phi) is 7.62. The Morgan fingerprint density at radius 1 is 1.11 bits per heavy atom. The van der Waals surface area contributed by atoms with E-state index in [4.69, 9.17) is 19.9 Å². The average Bonchev–Trinajstić information content (AvgIpc) is 3.25. The van der Waals surface area contributed by atoms with Crippen molar-refractivity contribution in [1.29, 1.82) is 0 Å². The zero-order valence-electron chi connectivity index (χ0n) is 16.3. The van der Waals surface area contributed by atoms with Crippen LogP contribution in [0.2, 0.25) is 0 Å². The summed E-state index contributed by atoms with van der Waals surface area (Å²) in [5, 5.41) is 0. The van der Waals surface area contributed by atoms with Crippen molar-refractivity contribution >= 4 is 18.3 Å². The van der Waals surface area contributed by atoms with Crippen LogP contribution in [0.1, 0.15) is 25.7 Å². The molecule has 152 valence electrons. The van der Waals surface area contributed by atoms with Crippen molar-refractivity contribution in [2.75, 3.05) is 34.4 Å². The van der Waals surface area contributed by atoms with Gasteiger partial charge in [0.25, 0.3) is 0 Å². The maximum Gasteiger partial charge on any atom is 0.227 e. The number of ether oxygens (including phenoxy) is 3. The van der Waals surface area contributed by atoms with E-state index in [0.717, 1.165) is 19.3 Å². The van der Waals surface area contributed by atoms with Crippen molar-refractivity contribution in [3.63, 3.8) is 0 Å². The van der Waals surface area contributed by atoms with Crippen LogP contribution in [-0.4, -0.2) is 51.3 Å². The molecule has 0 aliphatic heterocycles. The molecule has 0 saturated heterocycles. The molecule has 1 aromatic carbocycles. The van der Waals surface area contributed by atoms with Gasteiger partial charge in [0, 0.05) is 37.8 Å². The van der Waals surface area contributed by atoms with Gasteiger partial charge in [-0.1, -0.05) is 0 Å². The van der Waals surface area contributed by atoms with E-state index in [0.29, 0.717) is 42.2 Å². The van der Waals surface area contributed by atoms with Crippen LogP contribution in [0, 0.1) is 17.8 Å². The van der Waals surface area contributed by atoms with Crippen molar-refractivity contribution in [2.24, 2.45) is 23.5 Å². The number of benzene rings is 1. The number of carbonyl (C=O) groups excluding carboxylic acids is 1. The molecule has 1 amide bonds. The first-order valence-corrected chi connectivity index (χ1v) is 9.40. The fourth-order valence-electron chi connectivity index (χ4n) is 4.42. The van der Waals surface area contributed by atoms with Crippen LogP contribution >= 0.6 is 12.4 Å². The maximum atomic E-state index is 12.7. The van der Waals surface area contributed by atoms with Gasteiger partial charge in [0.2, 0.25) is 5.91 Å². The molecule has 2 aliphatic carbocycles. The number of hydrogen-bond donors (Lipinski definition) is 1. The van der Waals surface area contributed by atoms with Crippen molar-refractivity contribution in [3.8, 4) is 17.2 Å². The monoisotopic (exact) mass is 398 g/mol. The molecule has 0 radical (unpaired) electrons. The topological polar surface area (TPSA) is 74.0 Å². The summed E-state index contributed by atoms with van der Waals surface area (Å²) in [4.78, 5) is 14.6. The molecule has 27 heavy (non-hydrogen) atoms. The largest absolute Gasteiger partial charge is 0.496 e. The van der Waals surface area contributed by atoms with Gasteiger partial charge in [-0.2, -0.15) is 0 Å². The Morgan fingerprint density at radius 3 is 2.26 bits per heavy atom. The van der Waals surface area contributed by atoms with Crippen molar-refractivity contribution in [2.45, 2.75) is 31.7 Å². The molecule has 2 aliphatic rings. The predicted octanol–water partition coefficient (Wildman–Crippen LogP) is 2.73. The molecule has 2 N–H and O–H groups in total. The highest BCUT2D eigenvalue weighted by Crippen LogP contribution is 2.48. The Hall–Kier alpha value is -1.66. The fourth-order valence-corrected chi connectivity index (χ4v) is 4.42. The van der Waals surface area contributed by atoms with E-state index in [1.165, 1.54) is 6.42 Å². The minimum absolute atomic E-state index is 0. The molecular weight excluding hydrogens is 368 g/mol. The lowest BCUT2D eigenvalue weighted by atomic mass is 9.84. The molecule has 4 unspecified atom stereocenters. The smallest absolute Gasteiger partial charge is 0.227 e. The number of hydrogen-bond acceptors (Lipinski definition) is 5. The van der Waals surface area contributed by atoms with E-state index in [9.17, 15) is 4.79 Å². The van der Waals surface area contributed by atoms with Gasteiger partial charge >= 0.3 is 0 Å². The van der Waals surface area contributed by atoms with Crippen LogP contribution in [0.15, 0.2) is 18.2 Å². The minimum Gasteiger partial charge on any atom is -0.496 e. The van der Waals surface area contributed by atoms with Gasteiger partial charge in [-0.05, 0) is 37.5 Å². The van der Waals surface area contributed by atoms with E-state index < -0.39 is 0 Å². The number of amides is 1. The summed E-state index contributed by atoms with van der Waals surface area (Å²) in [5.74, 6) is 3.34. The predicted molar refractivity (Wildman–Crippen MR) is 107 cm³/mol. The van der Waals surface area contributed by atoms with Crippen molar-refractivity contribution in [1.82, 2.24) is 4.90 Å². The molecule has 4 atom stereocenters. The highest BCUT2D eigenvalue weighted by molar-refractivity contribution is 5.85. The first kappa shape index (κ1) is 21.6. The van der Waals surface area contributed by atoms with E-state index in [-0.39, 0.29) is 30.3 Å². The lowest BCUT2D eigenvalue weighted by Crippen LogP contribution is -2.46. The summed E-state index contributed by atoms with van der Waals surface area (Å²) in [6, 6.07) is 5.50. The second kappa shape index (κ2) is 9.51. The van der Waals surface area contributed by atoms with Gasteiger partial charge in [0.05, 0.1) is 26.7 Å². The first-order valence-electron chi connectivity index (χ1n) is 9.40. The Labute approximate surface area is 167 Å². The standard InChI is InChI=1S/C20H30N2O4.ClH/c1-22(20(23)18-13-5-6-14(9-13)19(18)21)7-4-8-26-17-11-15(24-2)10-16(12-17)25-3;/h10-14,18-19H,4-9,21H2,1-3H3;1H. The molecule has 0 aromatic heterocycles. The first-order chi connectivity index (χ1) is 12.5. The highest BCUT2D eigenvalue weighted by atomic mass is 35.5. The minimum atomic E-state index is 0. The number of methoxy groups -OCH3 is 2. The number of fused-ring (bicyclic) bond motifs is 2. The van der Waals surface area contributed by atoms with Gasteiger partial charge in [0.1, 0.15) is 17.2 Å². The third-order valence-corrected chi connectivity index (χ3v) is 5.87. The molecule has 6 nitrogen and oxygen atoms in total.